The lowest BCUT2D eigenvalue weighted by atomic mass is 10.1. The predicted molar refractivity (Wildman–Crippen MR) is 59.3 cm³/mol. The minimum atomic E-state index is -0.0601. The molecule has 0 amide bonds. The molecule has 0 aliphatic heterocycles. The average Bonchev–Trinajstić information content (AvgIpc) is 2.18. The summed E-state index contributed by atoms with van der Waals surface area (Å²) in [4.78, 5) is 13.9. The fourth-order valence-corrected chi connectivity index (χ4v) is 1.54. The normalized spacial score (nSPS) is 11.2. The van der Waals surface area contributed by atoms with Crippen LogP contribution in [0.3, 0.4) is 0 Å². The van der Waals surface area contributed by atoms with Crippen LogP contribution in [0.2, 0.25) is 0 Å². The van der Waals surface area contributed by atoms with Gasteiger partial charge in [0.15, 0.2) is 0 Å². The fourth-order valence-electron chi connectivity index (χ4n) is 1.54. The molecular formula is C12H11NO. The van der Waals surface area contributed by atoms with E-state index in [1.54, 1.807) is 6.07 Å². The van der Waals surface area contributed by atoms with Crippen LogP contribution in [-0.2, 0) is 0 Å². The Bertz CT molecular complexity index is 537. The molecule has 0 fully saturated rings. The first-order valence-electron chi connectivity index (χ1n) is 4.56. The fraction of sp³-hybridized carbons (Fsp3) is 0.0833. The number of fused-ring (bicyclic) bond motifs is 1. The van der Waals surface area contributed by atoms with Crippen molar-refractivity contribution in [2.45, 2.75) is 6.92 Å². The molecule has 0 saturated heterocycles. The third kappa shape index (κ3) is 1.46. The van der Waals surface area contributed by atoms with E-state index in [-0.39, 0.29) is 5.56 Å². The van der Waals surface area contributed by atoms with E-state index in [0.717, 1.165) is 16.5 Å². The van der Waals surface area contributed by atoms with Gasteiger partial charge in [-0.25, -0.2) is 0 Å². The number of pyridine rings is 1. The van der Waals surface area contributed by atoms with E-state index in [4.69, 9.17) is 0 Å². The van der Waals surface area contributed by atoms with Gasteiger partial charge in [0.05, 0.1) is 0 Å². The van der Waals surface area contributed by atoms with Gasteiger partial charge < -0.3 is 4.98 Å². The van der Waals surface area contributed by atoms with Gasteiger partial charge in [-0.15, -0.1) is 0 Å². The summed E-state index contributed by atoms with van der Waals surface area (Å²) in [6.07, 6.45) is 4.01. The lowest BCUT2D eigenvalue weighted by Gasteiger charge is -2.00. The van der Waals surface area contributed by atoms with Crippen LogP contribution in [0.4, 0.5) is 0 Å². The lowest BCUT2D eigenvalue weighted by Crippen LogP contribution is -2.02. The van der Waals surface area contributed by atoms with Gasteiger partial charge in [-0.05, 0) is 24.6 Å². The molecular weight excluding hydrogens is 174 g/mol. The van der Waals surface area contributed by atoms with E-state index in [2.05, 4.69) is 4.98 Å². The molecule has 1 aromatic heterocycles. The minimum absolute atomic E-state index is 0.0601. The van der Waals surface area contributed by atoms with Gasteiger partial charge in [-0.3, -0.25) is 4.79 Å². The van der Waals surface area contributed by atoms with Crippen LogP contribution >= 0.6 is 0 Å². The van der Waals surface area contributed by atoms with E-state index < -0.39 is 0 Å². The first kappa shape index (κ1) is 8.75. The zero-order valence-corrected chi connectivity index (χ0v) is 7.95. The Morgan fingerprint density at radius 2 is 2.07 bits per heavy atom. The maximum Gasteiger partial charge on any atom is 0.248 e. The van der Waals surface area contributed by atoms with Gasteiger partial charge in [0.2, 0.25) is 5.56 Å². The zero-order valence-electron chi connectivity index (χ0n) is 7.95. The average molecular weight is 185 g/mol. The van der Waals surface area contributed by atoms with Crippen LogP contribution in [0.5, 0.6) is 0 Å². The van der Waals surface area contributed by atoms with Gasteiger partial charge in [0.1, 0.15) is 0 Å². The van der Waals surface area contributed by atoms with Crippen molar-refractivity contribution in [3.63, 3.8) is 0 Å². The van der Waals surface area contributed by atoms with Crippen molar-refractivity contribution >= 4 is 17.0 Å². The number of rotatable bonds is 1. The Hall–Kier alpha value is -1.83. The predicted octanol–water partition coefficient (Wildman–Crippen LogP) is 2.56. The highest BCUT2D eigenvalue weighted by atomic mass is 16.1. The molecule has 2 rings (SSSR count). The van der Waals surface area contributed by atoms with Crippen LogP contribution < -0.4 is 5.56 Å². The maximum atomic E-state index is 11.1. The van der Waals surface area contributed by atoms with Crippen molar-refractivity contribution < 1.29 is 0 Å². The van der Waals surface area contributed by atoms with Gasteiger partial charge >= 0.3 is 0 Å². The molecule has 0 saturated carbocycles. The molecule has 14 heavy (non-hydrogen) atoms. The molecule has 2 aromatic rings. The van der Waals surface area contributed by atoms with Crippen LogP contribution in [0, 0.1) is 0 Å². The smallest absolute Gasteiger partial charge is 0.248 e. The number of aromatic nitrogens is 1. The molecule has 0 atom stereocenters. The van der Waals surface area contributed by atoms with Gasteiger partial charge in [0, 0.05) is 17.0 Å². The Morgan fingerprint density at radius 3 is 2.86 bits per heavy atom. The van der Waals surface area contributed by atoms with Crippen molar-refractivity contribution in [2.24, 2.45) is 0 Å². The Kier molecular flexibility index (Phi) is 2.19. The quantitative estimate of drug-likeness (QED) is 0.727. The van der Waals surface area contributed by atoms with Gasteiger partial charge in [0.25, 0.3) is 0 Å². The first-order chi connectivity index (χ1) is 6.81. The molecule has 70 valence electrons. The molecule has 2 heteroatoms. The number of allylic oxidation sites excluding steroid dienone is 1. The molecule has 1 aromatic carbocycles. The van der Waals surface area contributed by atoms with Gasteiger partial charge in [-0.2, -0.15) is 0 Å². The van der Waals surface area contributed by atoms with E-state index >= 15 is 0 Å². The summed E-state index contributed by atoms with van der Waals surface area (Å²) in [5.74, 6) is 0. The van der Waals surface area contributed by atoms with Crippen LogP contribution in [-0.4, -0.2) is 4.98 Å². The molecule has 1 heterocycles. The van der Waals surface area contributed by atoms with Crippen molar-refractivity contribution in [2.75, 3.05) is 0 Å². The minimum Gasteiger partial charge on any atom is -0.322 e. The second-order valence-corrected chi connectivity index (χ2v) is 3.13. The van der Waals surface area contributed by atoms with E-state index in [0.29, 0.717) is 0 Å². The highest BCUT2D eigenvalue weighted by Crippen LogP contribution is 2.16. The number of aromatic amines is 1. The van der Waals surface area contributed by atoms with E-state index in [1.165, 1.54) is 0 Å². The number of hydrogen-bond acceptors (Lipinski definition) is 1. The molecule has 0 bridgehead atoms. The Balaban J connectivity index is 2.81. The standard InChI is InChI=1S/C12H11NO/c1-2-4-9-5-3-6-11-10(9)7-8-12(14)13-11/h2-8H,1H3,(H,13,14). The molecule has 0 aliphatic carbocycles. The second kappa shape index (κ2) is 3.50. The second-order valence-electron chi connectivity index (χ2n) is 3.13. The molecule has 1 N–H and O–H groups in total. The molecule has 2 nitrogen and oxygen atoms in total. The summed E-state index contributed by atoms with van der Waals surface area (Å²) in [7, 11) is 0. The van der Waals surface area contributed by atoms with Crippen molar-refractivity contribution in [1.82, 2.24) is 4.98 Å². The van der Waals surface area contributed by atoms with E-state index in [9.17, 15) is 4.79 Å². The summed E-state index contributed by atoms with van der Waals surface area (Å²) in [6.45, 7) is 1.98. The molecule has 0 unspecified atom stereocenters. The largest absolute Gasteiger partial charge is 0.322 e. The van der Waals surface area contributed by atoms with Crippen molar-refractivity contribution in [3.05, 3.63) is 52.3 Å². The van der Waals surface area contributed by atoms with Crippen molar-refractivity contribution in [1.29, 1.82) is 0 Å². The summed E-state index contributed by atoms with van der Waals surface area (Å²) in [6, 6.07) is 9.27. The highest BCUT2D eigenvalue weighted by Gasteiger charge is 1.97. The van der Waals surface area contributed by atoms with Crippen LogP contribution in [0.1, 0.15) is 12.5 Å². The Labute approximate surface area is 81.9 Å². The third-order valence-corrected chi connectivity index (χ3v) is 2.15. The lowest BCUT2D eigenvalue weighted by molar-refractivity contribution is 1.31. The van der Waals surface area contributed by atoms with Crippen LogP contribution in [0.25, 0.3) is 17.0 Å². The SMILES string of the molecule is CC=Cc1cccc2[nH]c(=O)ccc12. The first-order valence-corrected chi connectivity index (χ1v) is 4.56. The zero-order chi connectivity index (χ0) is 9.97. The Morgan fingerprint density at radius 1 is 1.21 bits per heavy atom. The van der Waals surface area contributed by atoms with Crippen molar-refractivity contribution in [3.8, 4) is 0 Å². The topological polar surface area (TPSA) is 32.9 Å². The number of H-pyrrole nitrogens is 1. The van der Waals surface area contributed by atoms with Crippen LogP contribution in [0.15, 0.2) is 41.2 Å². The summed E-state index contributed by atoms with van der Waals surface area (Å²) in [5, 5.41) is 1.07. The molecule has 0 spiro atoms. The number of hydrogen-bond donors (Lipinski definition) is 1. The maximum absolute atomic E-state index is 11.1. The summed E-state index contributed by atoms with van der Waals surface area (Å²) >= 11 is 0. The summed E-state index contributed by atoms with van der Waals surface area (Å²) < 4.78 is 0. The third-order valence-electron chi connectivity index (χ3n) is 2.15. The highest BCUT2D eigenvalue weighted by molar-refractivity contribution is 5.87. The number of nitrogens with one attached hydrogen (secondary N) is 1. The van der Waals surface area contributed by atoms with E-state index in [1.807, 2.05) is 43.3 Å². The molecule has 0 aliphatic rings. The van der Waals surface area contributed by atoms with Gasteiger partial charge in [-0.1, -0.05) is 24.3 Å². The number of benzene rings is 1. The molecule has 0 radical (unpaired) electrons. The summed E-state index contributed by atoms with van der Waals surface area (Å²) in [5.41, 5.74) is 1.95. The monoisotopic (exact) mass is 185 g/mol.